The van der Waals surface area contributed by atoms with Gasteiger partial charge in [-0.1, -0.05) is 54.1 Å². The highest BCUT2D eigenvalue weighted by Crippen LogP contribution is 2.29. The average Bonchev–Trinajstić information content (AvgIpc) is 2.60. The van der Waals surface area contributed by atoms with Crippen LogP contribution in [-0.4, -0.2) is 38.4 Å². The SMILES string of the molecule is COC(CN(C=O)[C@H](c1ccccc1)c1ccc(Cl)cc1)OC. The topological polar surface area (TPSA) is 38.8 Å². The summed E-state index contributed by atoms with van der Waals surface area (Å²) >= 11 is 5.98. The van der Waals surface area contributed by atoms with E-state index in [9.17, 15) is 4.79 Å². The Morgan fingerprint density at radius 2 is 1.57 bits per heavy atom. The van der Waals surface area contributed by atoms with Gasteiger partial charge in [-0.3, -0.25) is 4.79 Å². The third-order valence-electron chi connectivity index (χ3n) is 3.65. The predicted octanol–water partition coefficient (Wildman–Crippen LogP) is 3.51. The molecule has 5 heteroatoms. The number of carbonyl (C=O) groups is 1. The molecule has 0 bridgehead atoms. The Balaban J connectivity index is 2.39. The molecular formula is C18H20ClNO3. The molecule has 0 saturated heterocycles. The zero-order valence-corrected chi connectivity index (χ0v) is 13.9. The van der Waals surface area contributed by atoms with Crippen molar-refractivity contribution in [1.29, 1.82) is 0 Å². The molecule has 0 aliphatic carbocycles. The minimum atomic E-state index is -0.487. The third kappa shape index (κ3) is 4.55. The fourth-order valence-corrected chi connectivity index (χ4v) is 2.61. The predicted molar refractivity (Wildman–Crippen MR) is 90.3 cm³/mol. The zero-order chi connectivity index (χ0) is 16.7. The summed E-state index contributed by atoms with van der Waals surface area (Å²) in [4.78, 5) is 13.4. The van der Waals surface area contributed by atoms with Crippen molar-refractivity contribution in [3.05, 3.63) is 70.7 Å². The lowest BCUT2D eigenvalue weighted by atomic mass is 9.97. The molecule has 23 heavy (non-hydrogen) atoms. The average molecular weight is 334 g/mol. The number of ether oxygens (including phenoxy) is 2. The molecule has 2 aromatic carbocycles. The molecule has 0 fully saturated rings. The van der Waals surface area contributed by atoms with Gasteiger partial charge in [0.1, 0.15) is 0 Å². The molecule has 4 nitrogen and oxygen atoms in total. The van der Waals surface area contributed by atoms with E-state index in [4.69, 9.17) is 21.1 Å². The summed E-state index contributed by atoms with van der Waals surface area (Å²) in [6.07, 6.45) is 0.329. The molecule has 0 radical (unpaired) electrons. The molecule has 122 valence electrons. The molecule has 2 aromatic rings. The van der Waals surface area contributed by atoms with Crippen molar-refractivity contribution in [3.8, 4) is 0 Å². The zero-order valence-electron chi connectivity index (χ0n) is 13.2. The van der Waals surface area contributed by atoms with Crippen LogP contribution >= 0.6 is 11.6 Å². The van der Waals surface area contributed by atoms with E-state index in [0.29, 0.717) is 11.6 Å². The van der Waals surface area contributed by atoms with Gasteiger partial charge < -0.3 is 14.4 Å². The van der Waals surface area contributed by atoms with E-state index in [0.717, 1.165) is 17.5 Å². The second-order valence-corrected chi connectivity index (χ2v) is 5.50. The quantitative estimate of drug-likeness (QED) is 0.548. The summed E-state index contributed by atoms with van der Waals surface area (Å²) in [5.41, 5.74) is 1.98. The lowest BCUT2D eigenvalue weighted by molar-refractivity contribution is -0.137. The van der Waals surface area contributed by atoms with Gasteiger partial charge in [-0.15, -0.1) is 0 Å². The first-order valence-corrected chi connectivity index (χ1v) is 7.64. The summed E-state index contributed by atoms with van der Waals surface area (Å²) in [5.74, 6) is 0. The van der Waals surface area contributed by atoms with Gasteiger partial charge in [0.15, 0.2) is 6.29 Å². The van der Waals surface area contributed by atoms with Crippen LogP contribution in [0.2, 0.25) is 5.02 Å². The Morgan fingerprint density at radius 3 is 2.09 bits per heavy atom. The van der Waals surface area contributed by atoms with Crippen LogP contribution in [0.3, 0.4) is 0 Å². The molecule has 0 N–H and O–H groups in total. The molecule has 0 unspecified atom stereocenters. The maximum Gasteiger partial charge on any atom is 0.210 e. The first-order valence-electron chi connectivity index (χ1n) is 7.26. The summed E-state index contributed by atoms with van der Waals surface area (Å²) in [6.45, 7) is 0.318. The molecule has 2 rings (SSSR count). The number of hydrogen-bond acceptors (Lipinski definition) is 3. The minimum absolute atomic E-state index is 0.237. The largest absolute Gasteiger partial charge is 0.354 e. The lowest BCUT2D eigenvalue weighted by Crippen LogP contribution is -2.37. The molecule has 0 saturated carbocycles. The van der Waals surface area contributed by atoms with Crippen molar-refractivity contribution < 1.29 is 14.3 Å². The Hall–Kier alpha value is -1.88. The van der Waals surface area contributed by atoms with E-state index in [1.165, 1.54) is 0 Å². The van der Waals surface area contributed by atoms with Crippen LogP contribution in [0.25, 0.3) is 0 Å². The normalized spacial score (nSPS) is 12.2. The van der Waals surface area contributed by atoms with Crippen LogP contribution in [-0.2, 0) is 14.3 Å². The number of nitrogens with zero attached hydrogens (tertiary/aromatic N) is 1. The van der Waals surface area contributed by atoms with E-state index in [1.54, 1.807) is 19.1 Å². The maximum atomic E-state index is 11.7. The Morgan fingerprint density at radius 1 is 1.00 bits per heavy atom. The molecule has 0 aromatic heterocycles. The van der Waals surface area contributed by atoms with E-state index in [1.807, 2.05) is 54.6 Å². The Labute approximate surface area is 141 Å². The van der Waals surface area contributed by atoms with E-state index < -0.39 is 6.29 Å². The number of hydrogen-bond donors (Lipinski definition) is 0. The van der Waals surface area contributed by atoms with E-state index in [2.05, 4.69) is 0 Å². The van der Waals surface area contributed by atoms with Crippen LogP contribution in [0.4, 0.5) is 0 Å². The van der Waals surface area contributed by atoms with E-state index in [-0.39, 0.29) is 6.04 Å². The van der Waals surface area contributed by atoms with Crippen molar-refractivity contribution in [2.24, 2.45) is 0 Å². The van der Waals surface area contributed by atoms with Crippen LogP contribution in [0.15, 0.2) is 54.6 Å². The minimum Gasteiger partial charge on any atom is -0.354 e. The number of methoxy groups -OCH3 is 2. The first-order chi connectivity index (χ1) is 11.2. The fraction of sp³-hybridized carbons (Fsp3) is 0.278. The summed E-state index contributed by atoms with van der Waals surface area (Å²) in [6, 6.07) is 17.1. The summed E-state index contributed by atoms with van der Waals surface area (Å²) in [7, 11) is 3.11. The number of rotatable bonds is 8. The summed E-state index contributed by atoms with van der Waals surface area (Å²) < 4.78 is 10.5. The number of halogens is 1. The maximum absolute atomic E-state index is 11.7. The highest BCUT2D eigenvalue weighted by atomic mass is 35.5. The van der Waals surface area contributed by atoms with Gasteiger partial charge in [-0.25, -0.2) is 0 Å². The standard InChI is InChI=1S/C18H20ClNO3/c1-22-17(23-2)12-20(13-21)18(14-6-4-3-5-7-14)15-8-10-16(19)11-9-15/h3-11,13,17-18H,12H2,1-2H3/t18-/m1/s1. The van der Waals surface area contributed by atoms with Crippen LogP contribution in [0, 0.1) is 0 Å². The number of amides is 1. The Bertz CT molecular complexity index is 599. The van der Waals surface area contributed by atoms with Gasteiger partial charge in [-0.2, -0.15) is 0 Å². The summed E-state index contributed by atoms with van der Waals surface area (Å²) in [5, 5.41) is 0.657. The van der Waals surface area contributed by atoms with E-state index >= 15 is 0 Å². The molecule has 0 spiro atoms. The molecule has 1 amide bonds. The van der Waals surface area contributed by atoms with Crippen molar-refractivity contribution in [2.75, 3.05) is 20.8 Å². The highest BCUT2D eigenvalue weighted by molar-refractivity contribution is 6.30. The van der Waals surface area contributed by atoms with Gasteiger partial charge >= 0.3 is 0 Å². The van der Waals surface area contributed by atoms with Crippen LogP contribution < -0.4 is 0 Å². The van der Waals surface area contributed by atoms with Gasteiger partial charge in [0, 0.05) is 19.2 Å². The fourth-order valence-electron chi connectivity index (χ4n) is 2.48. The number of benzene rings is 2. The highest BCUT2D eigenvalue weighted by Gasteiger charge is 2.24. The third-order valence-corrected chi connectivity index (χ3v) is 3.91. The lowest BCUT2D eigenvalue weighted by Gasteiger charge is -2.31. The first kappa shape index (κ1) is 17.5. The van der Waals surface area contributed by atoms with Gasteiger partial charge in [0.2, 0.25) is 6.41 Å². The molecular weight excluding hydrogens is 314 g/mol. The van der Waals surface area contributed by atoms with Crippen molar-refractivity contribution >= 4 is 18.0 Å². The van der Waals surface area contributed by atoms with Gasteiger partial charge in [0.25, 0.3) is 0 Å². The monoisotopic (exact) mass is 333 g/mol. The second kappa shape index (κ2) is 8.67. The molecule has 0 aliphatic heterocycles. The molecule has 1 atom stereocenters. The van der Waals surface area contributed by atoms with Crippen LogP contribution in [0.5, 0.6) is 0 Å². The van der Waals surface area contributed by atoms with Gasteiger partial charge in [0.05, 0.1) is 12.6 Å². The van der Waals surface area contributed by atoms with Crippen molar-refractivity contribution in [2.45, 2.75) is 12.3 Å². The van der Waals surface area contributed by atoms with Crippen molar-refractivity contribution in [1.82, 2.24) is 4.90 Å². The second-order valence-electron chi connectivity index (χ2n) is 5.07. The molecule has 0 aliphatic rings. The Kier molecular flexibility index (Phi) is 6.59. The van der Waals surface area contributed by atoms with Crippen LogP contribution in [0.1, 0.15) is 17.2 Å². The number of carbonyl (C=O) groups excluding carboxylic acids is 1. The van der Waals surface area contributed by atoms with Gasteiger partial charge in [-0.05, 0) is 23.3 Å². The van der Waals surface area contributed by atoms with Crippen molar-refractivity contribution in [3.63, 3.8) is 0 Å². The smallest absolute Gasteiger partial charge is 0.210 e. The molecule has 0 heterocycles.